The van der Waals surface area contributed by atoms with Crippen LogP contribution in [0.5, 0.6) is 5.75 Å². The number of carboxylic acid groups (broad SMARTS) is 1. The topological polar surface area (TPSA) is 77.8 Å². The third-order valence-corrected chi connectivity index (χ3v) is 6.03. The normalized spacial score (nSPS) is 17.0. The Morgan fingerprint density at radius 1 is 1.19 bits per heavy atom. The van der Waals surface area contributed by atoms with Gasteiger partial charge < -0.3 is 15.1 Å². The maximum atomic E-state index is 12.2. The molecule has 5 nitrogen and oxygen atoms in total. The Kier molecular flexibility index (Phi) is 5.93. The van der Waals surface area contributed by atoms with E-state index in [1.54, 1.807) is 18.2 Å². The molecule has 1 saturated heterocycles. The standard InChI is InChI=1S/C20H23NO4S/c22-17-7-2-1-4-14(17)12-13-21-15(8-11-19(21)23)5-3-6-16-9-10-18(26-16)20(24)25/h1-2,4,7,9-10,15,22H,3,5-6,8,11-13H2,(H,24,25). The summed E-state index contributed by atoms with van der Waals surface area (Å²) in [4.78, 5) is 26.5. The summed E-state index contributed by atoms with van der Waals surface area (Å²) in [6.07, 6.45) is 4.83. The molecule has 2 heterocycles. The number of likely N-dealkylation sites (tertiary alicyclic amines) is 1. The second kappa shape index (κ2) is 8.36. The maximum Gasteiger partial charge on any atom is 0.345 e. The van der Waals surface area contributed by atoms with Crippen molar-refractivity contribution in [2.75, 3.05) is 6.54 Å². The Hall–Kier alpha value is -2.34. The Morgan fingerprint density at radius 3 is 2.73 bits per heavy atom. The highest BCUT2D eigenvalue weighted by Crippen LogP contribution is 2.26. The Labute approximate surface area is 156 Å². The number of aromatic carboxylic acids is 1. The second-order valence-electron chi connectivity index (χ2n) is 6.62. The van der Waals surface area contributed by atoms with E-state index in [1.165, 1.54) is 11.3 Å². The largest absolute Gasteiger partial charge is 0.508 e. The molecule has 1 aromatic heterocycles. The number of rotatable bonds is 8. The van der Waals surface area contributed by atoms with Crippen LogP contribution in [0.3, 0.4) is 0 Å². The Morgan fingerprint density at radius 2 is 2.00 bits per heavy atom. The van der Waals surface area contributed by atoms with Gasteiger partial charge in [0, 0.05) is 23.9 Å². The number of carbonyl (C=O) groups is 2. The zero-order valence-electron chi connectivity index (χ0n) is 14.6. The van der Waals surface area contributed by atoms with Gasteiger partial charge in [-0.25, -0.2) is 4.79 Å². The zero-order chi connectivity index (χ0) is 18.5. The molecular formula is C20H23NO4S. The summed E-state index contributed by atoms with van der Waals surface area (Å²) in [6.45, 7) is 0.628. The third-order valence-electron chi connectivity index (χ3n) is 4.90. The van der Waals surface area contributed by atoms with E-state index in [0.717, 1.165) is 36.1 Å². The minimum atomic E-state index is -0.877. The van der Waals surface area contributed by atoms with E-state index in [9.17, 15) is 14.7 Å². The van der Waals surface area contributed by atoms with E-state index in [1.807, 2.05) is 23.1 Å². The van der Waals surface area contributed by atoms with Crippen LogP contribution >= 0.6 is 11.3 Å². The molecule has 1 amide bonds. The summed E-state index contributed by atoms with van der Waals surface area (Å²) >= 11 is 1.33. The van der Waals surface area contributed by atoms with Crippen LogP contribution in [-0.4, -0.2) is 39.6 Å². The van der Waals surface area contributed by atoms with Gasteiger partial charge in [0.25, 0.3) is 0 Å². The number of phenolic OH excluding ortho intramolecular Hbond substituents is 1. The third kappa shape index (κ3) is 4.43. The van der Waals surface area contributed by atoms with Gasteiger partial charge in [-0.1, -0.05) is 18.2 Å². The first-order valence-corrected chi connectivity index (χ1v) is 9.74. The van der Waals surface area contributed by atoms with Crippen molar-refractivity contribution in [3.05, 3.63) is 51.7 Å². The number of aromatic hydroxyl groups is 1. The number of aryl methyl sites for hydroxylation is 1. The van der Waals surface area contributed by atoms with Gasteiger partial charge in [-0.05, 0) is 55.9 Å². The average Bonchev–Trinajstić information content (AvgIpc) is 3.22. The molecule has 6 heteroatoms. The van der Waals surface area contributed by atoms with Crippen molar-refractivity contribution in [2.45, 2.75) is 44.6 Å². The molecule has 3 rings (SSSR count). The Balaban J connectivity index is 1.50. The van der Waals surface area contributed by atoms with Crippen molar-refractivity contribution in [1.29, 1.82) is 0 Å². The smallest absolute Gasteiger partial charge is 0.345 e. The summed E-state index contributed by atoms with van der Waals surface area (Å²) in [5.74, 6) is -0.407. The minimum Gasteiger partial charge on any atom is -0.508 e. The van der Waals surface area contributed by atoms with Crippen LogP contribution in [0.25, 0.3) is 0 Å². The summed E-state index contributed by atoms with van der Waals surface area (Å²) < 4.78 is 0. The number of para-hydroxylation sites is 1. The van der Waals surface area contributed by atoms with Crippen molar-refractivity contribution in [2.24, 2.45) is 0 Å². The van der Waals surface area contributed by atoms with E-state index in [4.69, 9.17) is 5.11 Å². The van der Waals surface area contributed by atoms with Gasteiger partial charge in [-0.2, -0.15) is 0 Å². The van der Waals surface area contributed by atoms with E-state index < -0.39 is 5.97 Å². The van der Waals surface area contributed by atoms with Gasteiger partial charge >= 0.3 is 5.97 Å². The molecule has 1 atom stereocenters. The summed E-state index contributed by atoms with van der Waals surface area (Å²) in [7, 11) is 0. The van der Waals surface area contributed by atoms with Gasteiger partial charge in [-0.3, -0.25) is 4.79 Å². The highest BCUT2D eigenvalue weighted by Gasteiger charge is 2.30. The van der Waals surface area contributed by atoms with Crippen molar-refractivity contribution in [3.8, 4) is 5.75 Å². The second-order valence-corrected chi connectivity index (χ2v) is 7.79. The lowest BCUT2D eigenvalue weighted by atomic mass is 10.1. The van der Waals surface area contributed by atoms with Crippen LogP contribution in [0.4, 0.5) is 0 Å². The number of thiophene rings is 1. The molecule has 26 heavy (non-hydrogen) atoms. The van der Waals surface area contributed by atoms with Gasteiger partial charge in [0.1, 0.15) is 10.6 Å². The number of carboxylic acids is 1. The molecule has 0 bridgehead atoms. The Bertz CT molecular complexity index is 786. The summed E-state index contributed by atoms with van der Waals surface area (Å²) in [5.41, 5.74) is 0.866. The number of hydrogen-bond acceptors (Lipinski definition) is 4. The minimum absolute atomic E-state index is 0.190. The van der Waals surface area contributed by atoms with Crippen LogP contribution < -0.4 is 0 Å². The molecule has 2 N–H and O–H groups in total. The predicted molar refractivity (Wildman–Crippen MR) is 101 cm³/mol. The number of carbonyl (C=O) groups excluding carboxylic acids is 1. The van der Waals surface area contributed by atoms with E-state index >= 15 is 0 Å². The van der Waals surface area contributed by atoms with Gasteiger partial charge in [-0.15, -0.1) is 11.3 Å². The summed E-state index contributed by atoms with van der Waals surface area (Å²) in [6, 6.07) is 11.0. The first kappa shape index (κ1) is 18.5. The molecule has 0 aliphatic carbocycles. The van der Waals surface area contributed by atoms with E-state index in [2.05, 4.69) is 0 Å². The average molecular weight is 373 g/mol. The molecule has 2 aromatic rings. The molecule has 1 fully saturated rings. The fourth-order valence-corrected chi connectivity index (χ4v) is 4.39. The van der Waals surface area contributed by atoms with Crippen LogP contribution in [0.1, 0.15) is 45.8 Å². The molecule has 1 aliphatic rings. The van der Waals surface area contributed by atoms with E-state index in [0.29, 0.717) is 24.3 Å². The first-order chi connectivity index (χ1) is 12.5. The molecule has 138 valence electrons. The van der Waals surface area contributed by atoms with Crippen molar-refractivity contribution >= 4 is 23.2 Å². The maximum absolute atomic E-state index is 12.2. The van der Waals surface area contributed by atoms with Crippen LogP contribution in [-0.2, 0) is 17.6 Å². The number of nitrogens with zero attached hydrogens (tertiary/aromatic N) is 1. The number of hydrogen-bond donors (Lipinski definition) is 2. The van der Waals surface area contributed by atoms with Crippen LogP contribution in [0.15, 0.2) is 36.4 Å². The van der Waals surface area contributed by atoms with Crippen LogP contribution in [0.2, 0.25) is 0 Å². The molecule has 0 radical (unpaired) electrons. The molecule has 0 saturated carbocycles. The monoisotopic (exact) mass is 373 g/mol. The van der Waals surface area contributed by atoms with Gasteiger partial charge in [0.2, 0.25) is 5.91 Å². The molecule has 0 spiro atoms. The van der Waals surface area contributed by atoms with Crippen molar-refractivity contribution in [1.82, 2.24) is 4.90 Å². The number of phenols is 1. The first-order valence-electron chi connectivity index (χ1n) is 8.93. The molecule has 1 unspecified atom stereocenters. The van der Waals surface area contributed by atoms with Crippen molar-refractivity contribution < 1.29 is 19.8 Å². The molecule has 1 aliphatic heterocycles. The van der Waals surface area contributed by atoms with Crippen LogP contribution in [0, 0.1) is 0 Å². The number of amides is 1. The molecule has 1 aromatic carbocycles. The lowest BCUT2D eigenvalue weighted by molar-refractivity contribution is -0.129. The highest BCUT2D eigenvalue weighted by molar-refractivity contribution is 7.13. The fourth-order valence-electron chi connectivity index (χ4n) is 3.50. The van der Waals surface area contributed by atoms with Gasteiger partial charge in [0.15, 0.2) is 0 Å². The quantitative estimate of drug-likeness (QED) is 0.739. The fraction of sp³-hybridized carbons (Fsp3) is 0.400. The SMILES string of the molecule is O=C(O)c1ccc(CCCC2CCC(=O)N2CCc2ccccc2O)s1. The van der Waals surface area contributed by atoms with Crippen molar-refractivity contribution in [3.63, 3.8) is 0 Å². The molecular weight excluding hydrogens is 350 g/mol. The highest BCUT2D eigenvalue weighted by atomic mass is 32.1. The van der Waals surface area contributed by atoms with E-state index in [-0.39, 0.29) is 17.7 Å². The lowest BCUT2D eigenvalue weighted by Gasteiger charge is -2.25. The summed E-state index contributed by atoms with van der Waals surface area (Å²) in [5, 5.41) is 18.9. The van der Waals surface area contributed by atoms with Gasteiger partial charge in [0.05, 0.1) is 0 Å². The zero-order valence-corrected chi connectivity index (χ0v) is 15.4. The number of benzene rings is 1. The lowest BCUT2D eigenvalue weighted by Crippen LogP contribution is -2.34. The predicted octanol–water partition coefficient (Wildman–Crippen LogP) is 3.71.